The van der Waals surface area contributed by atoms with Crippen molar-refractivity contribution >= 4 is 16.7 Å². The number of carbonyl (C=O) groups is 1. The zero-order chi connectivity index (χ0) is 11.4. The first-order valence-electron chi connectivity index (χ1n) is 5.08. The summed E-state index contributed by atoms with van der Waals surface area (Å²) in [6, 6.07) is 13.5. The Balaban J connectivity index is 2.20. The minimum Gasteiger partial charge on any atom is -0.492 e. The monoisotopic (exact) mass is 215 g/mol. The van der Waals surface area contributed by atoms with Gasteiger partial charge in [0.2, 0.25) is 0 Å². The van der Waals surface area contributed by atoms with E-state index in [4.69, 9.17) is 4.74 Å². The molecule has 0 aliphatic rings. The molecular weight excluding hydrogens is 204 g/mol. The molecule has 81 valence electrons. The molecule has 0 aromatic heterocycles. The van der Waals surface area contributed by atoms with Crippen molar-refractivity contribution in [3.8, 4) is 5.75 Å². The van der Waals surface area contributed by atoms with Crippen molar-refractivity contribution in [2.75, 3.05) is 6.61 Å². The van der Waals surface area contributed by atoms with E-state index in [9.17, 15) is 9.90 Å². The second-order valence-corrected chi connectivity index (χ2v) is 3.45. The zero-order valence-electron chi connectivity index (χ0n) is 8.68. The van der Waals surface area contributed by atoms with Gasteiger partial charge in [-0.2, -0.15) is 0 Å². The fraction of sp³-hybridized carbons (Fsp3) is 0.154. The van der Waals surface area contributed by atoms with Gasteiger partial charge in [-0.3, -0.25) is 0 Å². The van der Waals surface area contributed by atoms with Crippen LogP contribution in [-0.4, -0.2) is 12.6 Å². The van der Waals surface area contributed by atoms with Crippen LogP contribution in [0.3, 0.4) is 0 Å². The van der Waals surface area contributed by atoms with Crippen molar-refractivity contribution in [2.24, 2.45) is 0 Å². The lowest BCUT2D eigenvalue weighted by Gasteiger charge is -2.07. The molecule has 0 atom stereocenters. The highest BCUT2D eigenvalue weighted by Gasteiger charge is 2.03. The van der Waals surface area contributed by atoms with Crippen LogP contribution in [0, 0.1) is 0 Å². The van der Waals surface area contributed by atoms with Crippen molar-refractivity contribution in [1.29, 1.82) is 0 Å². The first kappa shape index (κ1) is 10.5. The zero-order valence-corrected chi connectivity index (χ0v) is 8.68. The van der Waals surface area contributed by atoms with E-state index in [1.807, 2.05) is 42.5 Å². The number of ether oxygens (including phenoxy) is 1. The molecule has 0 N–H and O–H groups in total. The molecule has 0 saturated heterocycles. The first-order valence-corrected chi connectivity index (χ1v) is 5.08. The van der Waals surface area contributed by atoms with Gasteiger partial charge in [0.25, 0.3) is 0 Å². The van der Waals surface area contributed by atoms with Crippen LogP contribution >= 0.6 is 0 Å². The van der Waals surface area contributed by atoms with E-state index in [-0.39, 0.29) is 13.0 Å². The average molecular weight is 215 g/mol. The van der Waals surface area contributed by atoms with Crippen LogP contribution < -0.4 is 4.74 Å². The molecular formula is C13H11O3. The van der Waals surface area contributed by atoms with E-state index in [1.165, 1.54) is 0 Å². The van der Waals surface area contributed by atoms with Gasteiger partial charge >= 0.3 is 5.97 Å². The van der Waals surface area contributed by atoms with E-state index < -0.39 is 5.97 Å². The third kappa shape index (κ3) is 2.31. The number of benzene rings is 2. The van der Waals surface area contributed by atoms with Crippen LogP contribution in [0.1, 0.15) is 6.42 Å². The fourth-order valence-electron chi connectivity index (χ4n) is 1.57. The van der Waals surface area contributed by atoms with Crippen molar-refractivity contribution in [2.45, 2.75) is 6.42 Å². The van der Waals surface area contributed by atoms with Gasteiger partial charge in [0.05, 0.1) is 13.0 Å². The van der Waals surface area contributed by atoms with Gasteiger partial charge in [0.15, 0.2) is 0 Å². The largest absolute Gasteiger partial charge is 0.492 e. The average Bonchev–Trinajstić information content (AvgIpc) is 2.29. The quantitative estimate of drug-likeness (QED) is 0.786. The Morgan fingerprint density at radius 1 is 1.06 bits per heavy atom. The predicted octanol–water partition coefficient (Wildman–Crippen LogP) is 2.57. The summed E-state index contributed by atoms with van der Waals surface area (Å²) in [4.78, 5) is 10.3. The molecule has 0 aliphatic heterocycles. The smallest absolute Gasteiger partial charge is 0.358 e. The number of fused-ring (bicyclic) bond motifs is 1. The molecule has 0 fully saturated rings. The lowest BCUT2D eigenvalue weighted by atomic mass is 10.1. The van der Waals surface area contributed by atoms with Crippen molar-refractivity contribution in [3.63, 3.8) is 0 Å². The Hall–Kier alpha value is -2.03. The molecule has 1 radical (unpaired) electrons. The van der Waals surface area contributed by atoms with Gasteiger partial charge in [0, 0.05) is 5.39 Å². The van der Waals surface area contributed by atoms with Gasteiger partial charge in [-0.15, -0.1) is 0 Å². The van der Waals surface area contributed by atoms with Gasteiger partial charge in [0.1, 0.15) is 5.75 Å². The molecule has 0 unspecified atom stereocenters. The van der Waals surface area contributed by atoms with Crippen LogP contribution in [0.5, 0.6) is 5.75 Å². The standard InChI is InChI=1S/C13H11O3/c14-13(15)8-9-16-12-7-3-5-10-4-1-2-6-11(10)12/h1-7H,8-9H2. The Morgan fingerprint density at radius 3 is 2.62 bits per heavy atom. The molecule has 0 bridgehead atoms. The highest BCUT2D eigenvalue weighted by molar-refractivity contribution is 5.88. The maximum Gasteiger partial charge on any atom is 0.358 e. The van der Waals surface area contributed by atoms with E-state index >= 15 is 0 Å². The molecule has 2 rings (SSSR count). The molecule has 2 aromatic carbocycles. The number of hydrogen-bond donors (Lipinski definition) is 0. The topological polar surface area (TPSA) is 46.2 Å². The summed E-state index contributed by atoms with van der Waals surface area (Å²) in [5.41, 5.74) is 0. The van der Waals surface area contributed by atoms with Crippen molar-refractivity contribution < 1.29 is 14.6 Å². The Labute approximate surface area is 93.3 Å². The highest BCUT2D eigenvalue weighted by atomic mass is 16.5. The van der Waals surface area contributed by atoms with Gasteiger partial charge in [-0.1, -0.05) is 36.4 Å². The van der Waals surface area contributed by atoms with Gasteiger partial charge in [-0.05, 0) is 11.5 Å². The first-order chi connectivity index (χ1) is 7.77. The third-order valence-corrected chi connectivity index (χ3v) is 2.31. The maximum absolute atomic E-state index is 10.3. The van der Waals surface area contributed by atoms with Crippen LogP contribution in [0.25, 0.3) is 10.8 Å². The molecule has 0 saturated carbocycles. The Bertz CT molecular complexity index is 500. The summed E-state index contributed by atoms with van der Waals surface area (Å²) in [5, 5.41) is 12.3. The second-order valence-electron chi connectivity index (χ2n) is 3.45. The van der Waals surface area contributed by atoms with E-state index in [2.05, 4.69) is 0 Å². The van der Waals surface area contributed by atoms with E-state index in [0.717, 1.165) is 10.8 Å². The molecule has 0 spiro atoms. The summed E-state index contributed by atoms with van der Waals surface area (Å²) in [5.74, 6) is -0.389. The number of rotatable bonds is 4. The lowest BCUT2D eigenvalue weighted by molar-refractivity contribution is -0.143. The van der Waals surface area contributed by atoms with Crippen LogP contribution in [0.2, 0.25) is 0 Å². The van der Waals surface area contributed by atoms with Crippen molar-refractivity contribution in [3.05, 3.63) is 42.5 Å². The summed E-state index contributed by atoms with van der Waals surface area (Å²) in [7, 11) is 0. The summed E-state index contributed by atoms with van der Waals surface area (Å²) >= 11 is 0. The normalized spacial score (nSPS) is 10.2. The molecule has 0 amide bonds. The minimum absolute atomic E-state index is 0.0940. The van der Waals surface area contributed by atoms with E-state index in [1.54, 1.807) is 0 Å². The van der Waals surface area contributed by atoms with Crippen LogP contribution in [-0.2, 0) is 9.90 Å². The van der Waals surface area contributed by atoms with Crippen LogP contribution in [0.4, 0.5) is 0 Å². The SMILES string of the molecule is [O]C(=O)CCOc1cccc2ccccc12. The molecule has 3 nitrogen and oxygen atoms in total. The van der Waals surface area contributed by atoms with Gasteiger partial charge in [-0.25, -0.2) is 9.90 Å². The summed E-state index contributed by atoms with van der Waals surface area (Å²) in [6.07, 6.45) is -0.0940. The third-order valence-electron chi connectivity index (χ3n) is 2.31. The van der Waals surface area contributed by atoms with E-state index in [0.29, 0.717) is 5.75 Å². The minimum atomic E-state index is -1.10. The molecule has 3 heteroatoms. The van der Waals surface area contributed by atoms with Crippen molar-refractivity contribution in [1.82, 2.24) is 0 Å². The lowest BCUT2D eigenvalue weighted by Crippen LogP contribution is -2.03. The van der Waals surface area contributed by atoms with Crippen LogP contribution in [0.15, 0.2) is 42.5 Å². The molecule has 0 aliphatic carbocycles. The second kappa shape index (κ2) is 4.66. The Kier molecular flexibility index (Phi) is 3.05. The summed E-state index contributed by atoms with van der Waals surface area (Å²) in [6.45, 7) is 0.135. The fourth-order valence-corrected chi connectivity index (χ4v) is 1.57. The molecule has 16 heavy (non-hydrogen) atoms. The number of hydrogen-bond acceptors (Lipinski definition) is 2. The number of carbonyl (C=O) groups excluding carboxylic acids is 1. The molecule has 0 heterocycles. The Morgan fingerprint density at radius 2 is 1.81 bits per heavy atom. The molecule has 2 aromatic rings. The highest BCUT2D eigenvalue weighted by Crippen LogP contribution is 2.25. The maximum atomic E-state index is 10.3. The van der Waals surface area contributed by atoms with Gasteiger partial charge < -0.3 is 4.74 Å². The predicted molar refractivity (Wildman–Crippen MR) is 59.8 cm³/mol. The summed E-state index contributed by atoms with van der Waals surface area (Å²) < 4.78 is 5.41.